The molecule has 3 rings (SSSR count). The first kappa shape index (κ1) is 16.5. The number of carbonyl (C=O) groups excluding carboxylic acids is 1. The van der Waals surface area contributed by atoms with E-state index >= 15 is 0 Å². The van der Waals surface area contributed by atoms with E-state index in [9.17, 15) is 4.79 Å². The van der Waals surface area contributed by atoms with Crippen LogP contribution in [0.15, 0.2) is 24.3 Å². The van der Waals surface area contributed by atoms with Gasteiger partial charge in [0.05, 0.1) is 6.10 Å². The Bertz CT molecular complexity index is 562. The smallest absolute Gasteiger partial charge is 0.254 e. The fourth-order valence-corrected chi connectivity index (χ4v) is 3.62. The van der Waals surface area contributed by atoms with Crippen molar-refractivity contribution in [2.24, 2.45) is 0 Å². The second-order valence-corrected chi connectivity index (χ2v) is 7.38. The zero-order valence-electron chi connectivity index (χ0n) is 14.5. The number of hydrogen-bond donors (Lipinski definition) is 0. The van der Waals surface area contributed by atoms with E-state index in [0.717, 1.165) is 38.9 Å². The van der Waals surface area contributed by atoms with Crippen molar-refractivity contribution in [1.82, 2.24) is 9.80 Å². The van der Waals surface area contributed by atoms with E-state index in [1.54, 1.807) is 0 Å². The second kappa shape index (κ2) is 6.62. The molecule has 1 fully saturated rings. The first-order chi connectivity index (χ1) is 11.0. The molecule has 1 amide bonds. The predicted molar refractivity (Wildman–Crippen MR) is 91.2 cm³/mol. The normalized spacial score (nSPS) is 20.4. The predicted octanol–water partition coefficient (Wildman–Crippen LogP) is 2.46. The number of benzene rings is 1. The lowest BCUT2D eigenvalue weighted by Crippen LogP contribution is -2.51. The zero-order chi connectivity index (χ0) is 16.4. The molecule has 0 aliphatic carbocycles. The maximum absolute atomic E-state index is 13.0. The molecule has 1 aromatic rings. The molecule has 2 heterocycles. The zero-order valence-corrected chi connectivity index (χ0v) is 14.5. The van der Waals surface area contributed by atoms with Gasteiger partial charge in [-0.2, -0.15) is 0 Å². The van der Waals surface area contributed by atoms with Gasteiger partial charge in [0, 0.05) is 26.2 Å². The van der Waals surface area contributed by atoms with Gasteiger partial charge >= 0.3 is 0 Å². The molecule has 0 unspecified atom stereocenters. The summed E-state index contributed by atoms with van der Waals surface area (Å²) in [4.78, 5) is 17.2. The molecule has 0 radical (unpaired) electrons. The fraction of sp³-hybridized carbons (Fsp3) is 0.632. The minimum absolute atomic E-state index is 0.117. The maximum Gasteiger partial charge on any atom is 0.254 e. The monoisotopic (exact) mass is 316 g/mol. The molecule has 0 saturated carbocycles. The van der Waals surface area contributed by atoms with Crippen molar-refractivity contribution in [2.75, 3.05) is 26.7 Å². The first-order valence-corrected chi connectivity index (χ1v) is 8.68. The molecule has 126 valence electrons. The summed E-state index contributed by atoms with van der Waals surface area (Å²) in [6, 6.07) is 8.41. The third kappa shape index (κ3) is 3.75. The van der Waals surface area contributed by atoms with Gasteiger partial charge in [-0.15, -0.1) is 0 Å². The minimum Gasteiger partial charge on any atom is -0.362 e. The van der Waals surface area contributed by atoms with Crippen LogP contribution >= 0.6 is 0 Å². The molecular formula is C19H28N2O2. The Hall–Kier alpha value is -1.39. The molecule has 2 aliphatic heterocycles. The van der Waals surface area contributed by atoms with Crippen molar-refractivity contribution in [3.63, 3.8) is 0 Å². The summed E-state index contributed by atoms with van der Waals surface area (Å²) in [6.07, 6.45) is 3.15. The number of rotatable bonds is 3. The molecule has 1 saturated heterocycles. The van der Waals surface area contributed by atoms with Crippen LogP contribution in [0.25, 0.3) is 0 Å². The Balaban J connectivity index is 1.63. The summed E-state index contributed by atoms with van der Waals surface area (Å²) in [5.41, 5.74) is 1.89. The van der Waals surface area contributed by atoms with E-state index in [1.807, 2.05) is 24.8 Å². The number of nitrogens with zero attached hydrogens (tertiary/aromatic N) is 2. The molecule has 4 heteroatoms. The van der Waals surface area contributed by atoms with Gasteiger partial charge in [0.2, 0.25) is 0 Å². The third-order valence-corrected chi connectivity index (χ3v) is 5.06. The van der Waals surface area contributed by atoms with Crippen LogP contribution in [0.3, 0.4) is 0 Å². The highest BCUT2D eigenvalue weighted by Gasteiger charge is 2.37. The van der Waals surface area contributed by atoms with E-state index in [4.69, 9.17) is 4.74 Å². The Morgan fingerprint density at radius 1 is 1.13 bits per heavy atom. The summed E-state index contributed by atoms with van der Waals surface area (Å²) in [5.74, 6) is 0.117. The standard InChI is InChI=1S/C19H28N2O2/c1-19(2,23-17-9-11-20(3)12-10-17)18(22)21-13-8-15-6-4-5-7-16(15)14-21/h4-7,17H,8-14H2,1-3H3. The van der Waals surface area contributed by atoms with Crippen molar-refractivity contribution >= 4 is 5.91 Å². The van der Waals surface area contributed by atoms with Gasteiger partial charge in [-0.1, -0.05) is 24.3 Å². The van der Waals surface area contributed by atoms with Gasteiger partial charge in [-0.25, -0.2) is 0 Å². The molecule has 1 aromatic carbocycles. The highest BCUT2D eigenvalue weighted by molar-refractivity contribution is 5.84. The Kier molecular flexibility index (Phi) is 4.74. The lowest BCUT2D eigenvalue weighted by Gasteiger charge is -2.38. The minimum atomic E-state index is -0.743. The number of ether oxygens (including phenoxy) is 1. The summed E-state index contributed by atoms with van der Waals surface area (Å²) in [7, 11) is 2.14. The molecule has 0 N–H and O–H groups in total. The van der Waals surface area contributed by atoms with Gasteiger partial charge in [0.25, 0.3) is 5.91 Å². The van der Waals surface area contributed by atoms with Crippen LogP contribution < -0.4 is 0 Å². The van der Waals surface area contributed by atoms with Crippen molar-refractivity contribution < 1.29 is 9.53 Å². The van der Waals surface area contributed by atoms with E-state index < -0.39 is 5.60 Å². The van der Waals surface area contributed by atoms with Crippen molar-refractivity contribution in [1.29, 1.82) is 0 Å². The van der Waals surface area contributed by atoms with E-state index in [-0.39, 0.29) is 12.0 Å². The van der Waals surface area contributed by atoms with Gasteiger partial charge in [-0.3, -0.25) is 4.79 Å². The van der Waals surface area contributed by atoms with Crippen molar-refractivity contribution in [2.45, 2.75) is 51.4 Å². The molecule has 0 spiro atoms. The van der Waals surface area contributed by atoms with Gasteiger partial charge in [0.15, 0.2) is 0 Å². The number of fused-ring (bicyclic) bond motifs is 1. The van der Waals surface area contributed by atoms with Crippen LogP contribution in [0.4, 0.5) is 0 Å². The van der Waals surface area contributed by atoms with Crippen LogP contribution in [0, 0.1) is 0 Å². The molecule has 4 nitrogen and oxygen atoms in total. The number of hydrogen-bond acceptors (Lipinski definition) is 3. The molecule has 23 heavy (non-hydrogen) atoms. The molecule has 2 aliphatic rings. The largest absolute Gasteiger partial charge is 0.362 e. The van der Waals surface area contributed by atoms with Crippen LogP contribution in [0.1, 0.15) is 37.8 Å². The van der Waals surface area contributed by atoms with Crippen LogP contribution in [0.2, 0.25) is 0 Å². The average Bonchev–Trinajstić information content (AvgIpc) is 2.55. The van der Waals surface area contributed by atoms with E-state index in [1.165, 1.54) is 11.1 Å². The lowest BCUT2D eigenvalue weighted by atomic mass is 9.97. The van der Waals surface area contributed by atoms with Crippen LogP contribution in [-0.2, 0) is 22.5 Å². The fourth-order valence-electron chi connectivity index (χ4n) is 3.62. The number of carbonyl (C=O) groups is 1. The summed E-state index contributed by atoms with van der Waals surface area (Å²) >= 11 is 0. The van der Waals surface area contributed by atoms with Crippen molar-refractivity contribution in [3.05, 3.63) is 35.4 Å². The average molecular weight is 316 g/mol. The van der Waals surface area contributed by atoms with E-state index in [2.05, 4.69) is 30.1 Å². The molecular weight excluding hydrogens is 288 g/mol. The Labute approximate surface area is 139 Å². The summed E-state index contributed by atoms with van der Waals surface area (Å²) < 4.78 is 6.21. The quantitative estimate of drug-likeness (QED) is 0.859. The first-order valence-electron chi connectivity index (χ1n) is 8.68. The highest BCUT2D eigenvalue weighted by Crippen LogP contribution is 2.25. The molecule has 0 aromatic heterocycles. The SMILES string of the molecule is CN1CCC(OC(C)(C)C(=O)N2CCc3ccccc3C2)CC1. The Morgan fingerprint density at radius 2 is 1.78 bits per heavy atom. The third-order valence-electron chi connectivity index (χ3n) is 5.06. The van der Waals surface area contributed by atoms with Crippen LogP contribution in [-0.4, -0.2) is 54.1 Å². The number of amides is 1. The van der Waals surface area contributed by atoms with Gasteiger partial charge < -0.3 is 14.5 Å². The Morgan fingerprint density at radius 3 is 2.48 bits per heavy atom. The van der Waals surface area contributed by atoms with Crippen LogP contribution in [0.5, 0.6) is 0 Å². The number of piperidine rings is 1. The maximum atomic E-state index is 13.0. The molecule has 0 bridgehead atoms. The topological polar surface area (TPSA) is 32.8 Å². The summed E-state index contributed by atoms with van der Waals surface area (Å²) in [6.45, 7) is 7.44. The van der Waals surface area contributed by atoms with E-state index in [0.29, 0.717) is 6.54 Å². The highest BCUT2D eigenvalue weighted by atomic mass is 16.5. The summed E-state index contributed by atoms with van der Waals surface area (Å²) in [5, 5.41) is 0. The number of likely N-dealkylation sites (tertiary alicyclic amines) is 1. The van der Waals surface area contributed by atoms with Gasteiger partial charge in [0.1, 0.15) is 5.60 Å². The second-order valence-electron chi connectivity index (χ2n) is 7.38. The van der Waals surface area contributed by atoms with Crippen molar-refractivity contribution in [3.8, 4) is 0 Å². The lowest BCUT2D eigenvalue weighted by molar-refractivity contribution is -0.165. The van der Waals surface area contributed by atoms with Gasteiger partial charge in [-0.05, 0) is 51.3 Å². The molecule has 0 atom stereocenters.